The molecule has 0 saturated carbocycles. The van der Waals surface area contributed by atoms with Crippen LogP contribution in [0.2, 0.25) is 5.02 Å². The van der Waals surface area contributed by atoms with Crippen LogP contribution in [0.5, 0.6) is 0 Å². The number of amides is 2. The lowest BCUT2D eigenvalue weighted by atomic mass is 10.1. The Bertz CT molecular complexity index is 545. The summed E-state index contributed by atoms with van der Waals surface area (Å²) in [5.41, 5.74) is 6.68. The zero-order valence-corrected chi connectivity index (χ0v) is 12.4. The first-order chi connectivity index (χ1) is 9.43. The second kappa shape index (κ2) is 5.81. The first kappa shape index (κ1) is 14.8. The van der Waals surface area contributed by atoms with Gasteiger partial charge in [-0.15, -0.1) is 0 Å². The Kier molecular flexibility index (Phi) is 4.30. The number of carbonyl (C=O) groups is 2. The molecule has 0 bridgehead atoms. The van der Waals surface area contributed by atoms with Crippen LogP contribution in [0.1, 0.15) is 16.8 Å². The van der Waals surface area contributed by atoms with Gasteiger partial charge in [0.05, 0.1) is 11.3 Å². The van der Waals surface area contributed by atoms with E-state index in [2.05, 4.69) is 0 Å². The standard InChI is InChI=1S/C14H18ClN3O2/c1-17(2)14(20)11-4-3-10(15)6-12(11)18-8-9(7-16)5-13(18)19/h3-4,6,9H,5,7-8,16H2,1-2H3. The minimum absolute atomic E-state index is 0.0180. The molecular weight excluding hydrogens is 278 g/mol. The minimum atomic E-state index is -0.152. The summed E-state index contributed by atoms with van der Waals surface area (Å²) in [5, 5.41) is 0.499. The lowest BCUT2D eigenvalue weighted by molar-refractivity contribution is -0.117. The van der Waals surface area contributed by atoms with Gasteiger partial charge in [0.1, 0.15) is 0 Å². The van der Waals surface area contributed by atoms with Crippen LogP contribution in [-0.4, -0.2) is 43.9 Å². The van der Waals surface area contributed by atoms with Crippen molar-refractivity contribution >= 4 is 29.1 Å². The van der Waals surface area contributed by atoms with E-state index in [4.69, 9.17) is 17.3 Å². The molecule has 20 heavy (non-hydrogen) atoms. The summed E-state index contributed by atoms with van der Waals surface area (Å²) < 4.78 is 0. The predicted molar refractivity (Wildman–Crippen MR) is 79.0 cm³/mol. The van der Waals surface area contributed by atoms with E-state index in [1.807, 2.05) is 0 Å². The van der Waals surface area contributed by atoms with Crippen LogP contribution in [0.3, 0.4) is 0 Å². The molecule has 1 saturated heterocycles. The van der Waals surface area contributed by atoms with Gasteiger partial charge in [-0.2, -0.15) is 0 Å². The van der Waals surface area contributed by atoms with Gasteiger partial charge in [-0.3, -0.25) is 9.59 Å². The molecular formula is C14H18ClN3O2. The second-order valence-corrected chi connectivity index (χ2v) is 5.61. The van der Waals surface area contributed by atoms with Crippen molar-refractivity contribution in [3.8, 4) is 0 Å². The van der Waals surface area contributed by atoms with Crippen molar-refractivity contribution in [2.45, 2.75) is 6.42 Å². The van der Waals surface area contributed by atoms with Gasteiger partial charge in [-0.1, -0.05) is 11.6 Å². The Labute approximate surface area is 123 Å². The average Bonchev–Trinajstić information content (AvgIpc) is 2.79. The molecule has 2 N–H and O–H groups in total. The SMILES string of the molecule is CN(C)C(=O)c1ccc(Cl)cc1N1CC(CN)CC1=O. The third-order valence-electron chi connectivity index (χ3n) is 3.43. The molecule has 0 aliphatic carbocycles. The monoisotopic (exact) mass is 295 g/mol. The van der Waals surface area contributed by atoms with Crippen molar-refractivity contribution in [1.82, 2.24) is 4.90 Å². The molecule has 2 amide bonds. The first-order valence-electron chi connectivity index (χ1n) is 6.45. The molecule has 1 unspecified atom stereocenters. The number of halogens is 1. The molecule has 1 atom stereocenters. The number of benzene rings is 1. The Morgan fingerprint density at radius 3 is 2.75 bits per heavy atom. The van der Waals surface area contributed by atoms with Crippen molar-refractivity contribution in [2.75, 3.05) is 32.1 Å². The van der Waals surface area contributed by atoms with Crippen LogP contribution >= 0.6 is 11.6 Å². The van der Waals surface area contributed by atoms with E-state index in [1.54, 1.807) is 37.2 Å². The maximum Gasteiger partial charge on any atom is 0.255 e. The molecule has 5 nitrogen and oxygen atoms in total. The highest BCUT2D eigenvalue weighted by molar-refractivity contribution is 6.31. The van der Waals surface area contributed by atoms with Crippen molar-refractivity contribution < 1.29 is 9.59 Å². The highest BCUT2D eigenvalue weighted by Gasteiger charge is 2.32. The molecule has 1 aromatic carbocycles. The van der Waals surface area contributed by atoms with Crippen molar-refractivity contribution in [2.24, 2.45) is 11.7 Å². The van der Waals surface area contributed by atoms with Gasteiger partial charge in [0, 0.05) is 32.1 Å². The maximum absolute atomic E-state index is 12.2. The van der Waals surface area contributed by atoms with Gasteiger partial charge in [0.2, 0.25) is 5.91 Å². The molecule has 108 valence electrons. The van der Waals surface area contributed by atoms with Crippen LogP contribution in [0.15, 0.2) is 18.2 Å². The van der Waals surface area contributed by atoms with Crippen LogP contribution in [0.25, 0.3) is 0 Å². The largest absolute Gasteiger partial charge is 0.345 e. The summed E-state index contributed by atoms with van der Waals surface area (Å²) in [7, 11) is 3.35. The fourth-order valence-corrected chi connectivity index (χ4v) is 2.49. The highest BCUT2D eigenvalue weighted by atomic mass is 35.5. The summed E-state index contributed by atoms with van der Waals surface area (Å²) in [5.74, 6) is -0.0417. The Balaban J connectivity index is 2.42. The summed E-state index contributed by atoms with van der Waals surface area (Å²) in [4.78, 5) is 27.4. The number of rotatable bonds is 3. The third kappa shape index (κ3) is 2.78. The predicted octanol–water partition coefficient (Wildman–Crippen LogP) is 1.35. The van der Waals surface area contributed by atoms with Gasteiger partial charge in [-0.05, 0) is 30.7 Å². The fourth-order valence-electron chi connectivity index (χ4n) is 2.32. The van der Waals surface area contributed by atoms with Crippen molar-refractivity contribution in [3.05, 3.63) is 28.8 Å². The summed E-state index contributed by atoms with van der Waals surface area (Å²) in [6.07, 6.45) is 0.415. The lowest BCUT2D eigenvalue weighted by Crippen LogP contribution is -2.30. The zero-order chi connectivity index (χ0) is 14.9. The molecule has 1 aromatic rings. The highest BCUT2D eigenvalue weighted by Crippen LogP contribution is 2.30. The minimum Gasteiger partial charge on any atom is -0.345 e. The number of nitrogens with zero attached hydrogens (tertiary/aromatic N) is 2. The van der Waals surface area contributed by atoms with Gasteiger partial charge in [0.15, 0.2) is 0 Å². The molecule has 0 radical (unpaired) electrons. The molecule has 0 aromatic heterocycles. The maximum atomic E-state index is 12.2. The van der Waals surface area contributed by atoms with Gasteiger partial charge in [-0.25, -0.2) is 0 Å². The Morgan fingerprint density at radius 2 is 2.20 bits per heavy atom. The van der Waals surface area contributed by atoms with Crippen LogP contribution in [0.4, 0.5) is 5.69 Å². The van der Waals surface area contributed by atoms with Gasteiger partial charge < -0.3 is 15.5 Å². The first-order valence-corrected chi connectivity index (χ1v) is 6.83. The van der Waals surface area contributed by atoms with Crippen LogP contribution in [0, 0.1) is 5.92 Å². The molecule has 1 heterocycles. The van der Waals surface area contributed by atoms with E-state index >= 15 is 0 Å². The number of hydrogen-bond donors (Lipinski definition) is 1. The summed E-state index contributed by atoms with van der Waals surface area (Å²) in [6.45, 7) is 0.989. The molecule has 1 aliphatic rings. The average molecular weight is 296 g/mol. The van der Waals surface area contributed by atoms with Gasteiger partial charge in [0.25, 0.3) is 5.91 Å². The molecule has 1 aliphatic heterocycles. The van der Waals surface area contributed by atoms with Crippen molar-refractivity contribution in [3.63, 3.8) is 0 Å². The summed E-state index contributed by atoms with van der Waals surface area (Å²) in [6, 6.07) is 4.97. The Morgan fingerprint density at radius 1 is 1.50 bits per heavy atom. The van der Waals surface area contributed by atoms with Crippen LogP contribution in [-0.2, 0) is 4.79 Å². The topological polar surface area (TPSA) is 66.6 Å². The second-order valence-electron chi connectivity index (χ2n) is 5.17. The number of anilines is 1. The van der Waals surface area contributed by atoms with E-state index in [0.29, 0.717) is 35.8 Å². The normalized spacial score (nSPS) is 18.5. The summed E-state index contributed by atoms with van der Waals surface area (Å²) >= 11 is 6.01. The Hall–Kier alpha value is -1.59. The number of hydrogen-bond acceptors (Lipinski definition) is 3. The fraction of sp³-hybridized carbons (Fsp3) is 0.429. The smallest absolute Gasteiger partial charge is 0.255 e. The van der Waals surface area contributed by atoms with Gasteiger partial charge >= 0.3 is 0 Å². The third-order valence-corrected chi connectivity index (χ3v) is 3.66. The van der Waals surface area contributed by atoms with Crippen LogP contribution < -0.4 is 10.6 Å². The molecule has 6 heteroatoms. The van der Waals surface area contributed by atoms with E-state index in [1.165, 1.54) is 4.90 Å². The molecule has 0 spiro atoms. The van der Waals surface area contributed by atoms with E-state index < -0.39 is 0 Å². The van der Waals surface area contributed by atoms with Crippen molar-refractivity contribution in [1.29, 1.82) is 0 Å². The van der Waals surface area contributed by atoms with E-state index in [-0.39, 0.29) is 17.7 Å². The number of carbonyl (C=O) groups excluding carboxylic acids is 2. The van der Waals surface area contributed by atoms with E-state index in [0.717, 1.165) is 0 Å². The number of nitrogens with two attached hydrogens (primary N) is 1. The quantitative estimate of drug-likeness (QED) is 0.915. The molecule has 1 fully saturated rings. The van der Waals surface area contributed by atoms with E-state index in [9.17, 15) is 9.59 Å². The lowest BCUT2D eigenvalue weighted by Gasteiger charge is -2.22. The molecule has 2 rings (SSSR count). The zero-order valence-electron chi connectivity index (χ0n) is 11.6.